The van der Waals surface area contributed by atoms with E-state index >= 15 is 0 Å². The molecule has 0 unspecified atom stereocenters. The zero-order valence-corrected chi connectivity index (χ0v) is 18.7. The summed E-state index contributed by atoms with van der Waals surface area (Å²) in [5.41, 5.74) is 5.87. The summed E-state index contributed by atoms with van der Waals surface area (Å²) in [7, 11) is 2.11. The van der Waals surface area contributed by atoms with Gasteiger partial charge in [0.25, 0.3) is 0 Å². The van der Waals surface area contributed by atoms with E-state index in [1.54, 1.807) is 6.26 Å². The lowest BCUT2D eigenvalue weighted by Gasteiger charge is -2.27. The molecular weight excluding hydrogens is 382 g/mol. The Bertz CT molecular complexity index is 1530. The Balaban J connectivity index is 1.82. The second kappa shape index (κ2) is 6.10. The number of aryl methyl sites for hydroxylation is 2. The van der Waals surface area contributed by atoms with Crippen molar-refractivity contribution in [1.82, 2.24) is 0 Å². The number of rotatable bonds is 1. The van der Waals surface area contributed by atoms with Crippen molar-refractivity contribution in [1.29, 1.82) is 0 Å². The molecule has 0 N–H and O–H groups in total. The van der Waals surface area contributed by atoms with E-state index in [-0.39, 0.29) is 5.41 Å². The lowest BCUT2D eigenvalue weighted by molar-refractivity contribution is -0.659. The largest absolute Gasteiger partial charge is 0.460 e. The predicted octanol–water partition coefficient (Wildman–Crippen LogP) is 7.23. The van der Waals surface area contributed by atoms with Crippen LogP contribution in [-0.4, -0.2) is 0 Å². The standard InChI is InChI=1S/C28H26NO2/c1-16-19-12-17-8-6-7-9-18(17)13-20(19)21(14-28(2,3)4)27-24(16)26-25-22(10-11-29(26)5)30-15-23(25)31-27/h6-13,15H,14H2,1-5H3/q+1. The Morgan fingerprint density at radius 3 is 2.39 bits per heavy atom. The molecule has 0 atom stereocenters. The first kappa shape index (κ1) is 18.4. The molecule has 5 aromatic rings. The van der Waals surface area contributed by atoms with E-state index in [4.69, 9.17) is 9.15 Å². The molecule has 3 heteroatoms. The number of aromatic nitrogens is 1. The summed E-state index contributed by atoms with van der Waals surface area (Å²) in [5, 5.41) is 6.17. The van der Waals surface area contributed by atoms with Gasteiger partial charge in [-0.2, -0.15) is 4.57 Å². The van der Waals surface area contributed by atoms with E-state index in [0.29, 0.717) is 0 Å². The molecule has 3 aromatic carbocycles. The minimum Gasteiger partial charge on any atom is -0.460 e. The SMILES string of the molecule is Cc1c2c(c(CC(C)(C)C)c3cc4ccccc4cc13)Oc1coc3cc[n+](C)c-2c13. The van der Waals surface area contributed by atoms with Gasteiger partial charge in [-0.05, 0) is 58.0 Å². The van der Waals surface area contributed by atoms with Gasteiger partial charge in [-0.1, -0.05) is 45.0 Å². The summed E-state index contributed by atoms with van der Waals surface area (Å²) in [5.74, 6) is 1.79. The summed E-state index contributed by atoms with van der Waals surface area (Å²) in [4.78, 5) is 0. The van der Waals surface area contributed by atoms with Gasteiger partial charge >= 0.3 is 0 Å². The molecule has 1 aliphatic heterocycles. The highest BCUT2D eigenvalue weighted by Crippen LogP contribution is 2.52. The van der Waals surface area contributed by atoms with Gasteiger partial charge in [0.15, 0.2) is 17.5 Å². The van der Waals surface area contributed by atoms with Gasteiger partial charge in [-0.15, -0.1) is 0 Å². The first-order chi connectivity index (χ1) is 14.8. The lowest BCUT2D eigenvalue weighted by atomic mass is 9.81. The second-order valence-corrected chi connectivity index (χ2v) is 10.0. The Hall–Kier alpha value is -3.33. The van der Waals surface area contributed by atoms with Gasteiger partial charge < -0.3 is 9.15 Å². The predicted molar refractivity (Wildman–Crippen MR) is 126 cm³/mol. The summed E-state index contributed by atoms with van der Waals surface area (Å²) in [6, 6.07) is 15.3. The molecule has 0 spiro atoms. The molecule has 1 aliphatic rings. The molecule has 0 saturated heterocycles. The molecule has 0 bridgehead atoms. The number of pyridine rings is 1. The summed E-state index contributed by atoms with van der Waals surface area (Å²) >= 11 is 0. The van der Waals surface area contributed by atoms with Crippen LogP contribution in [0, 0.1) is 12.3 Å². The highest BCUT2D eigenvalue weighted by Gasteiger charge is 2.35. The van der Waals surface area contributed by atoms with Crippen LogP contribution in [0.25, 0.3) is 43.8 Å². The molecule has 2 aromatic heterocycles. The van der Waals surface area contributed by atoms with Gasteiger partial charge in [0.2, 0.25) is 5.69 Å². The lowest BCUT2D eigenvalue weighted by Crippen LogP contribution is -2.31. The smallest absolute Gasteiger partial charge is 0.231 e. The fraction of sp³-hybridized carbons (Fsp3) is 0.250. The van der Waals surface area contributed by atoms with E-state index in [0.717, 1.165) is 28.9 Å². The van der Waals surface area contributed by atoms with Gasteiger partial charge in [0, 0.05) is 11.6 Å². The molecular formula is C28H26NO2+. The van der Waals surface area contributed by atoms with Crippen molar-refractivity contribution in [2.24, 2.45) is 12.5 Å². The van der Waals surface area contributed by atoms with Crippen molar-refractivity contribution in [3.05, 3.63) is 66.1 Å². The van der Waals surface area contributed by atoms with Crippen molar-refractivity contribution in [2.45, 2.75) is 34.1 Å². The van der Waals surface area contributed by atoms with Crippen molar-refractivity contribution in [2.75, 3.05) is 0 Å². The first-order valence-corrected chi connectivity index (χ1v) is 10.9. The molecule has 154 valence electrons. The average molecular weight is 409 g/mol. The van der Waals surface area contributed by atoms with E-state index in [2.05, 4.69) is 81.9 Å². The topological polar surface area (TPSA) is 26.2 Å². The maximum atomic E-state index is 6.62. The number of fused-ring (bicyclic) bond motifs is 4. The van der Waals surface area contributed by atoms with Crippen LogP contribution >= 0.6 is 0 Å². The van der Waals surface area contributed by atoms with Crippen molar-refractivity contribution in [3.63, 3.8) is 0 Å². The van der Waals surface area contributed by atoms with Gasteiger partial charge in [0.05, 0.1) is 5.56 Å². The third kappa shape index (κ3) is 2.62. The Morgan fingerprint density at radius 2 is 1.68 bits per heavy atom. The normalized spacial score (nSPS) is 13.1. The minimum absolute atomic E-state index is 0.121. The third-order valence-corrected chi connectivity index (χ3v) is 6.47. The van der Waals surface area contributed by atoms with Gasteiger partial charge in [-0.3, -0.25) is 0 Å². The molecule has 0 fully saturated rings. The second-order valence-electron chi connectivity index (χ2n) is 10.0. The minimum atomic E-state index is 0.121. The molecule has 0 radical (unpaired) electrons. The van der Waals surface area contributed by atoms with E-state index in [1.807, 2.05) is 6.07 Å². The molecule has 3 heterocycles. The molecule has 0 aliphatic carbocycles. The molecule has 6 rings (SSSR count). The van der Waals surface area contributed by atoms with Crippen LogP contribution in [0.5, 0.6) is 11.5 Å². The van der Waals surface area contributed by atoms with Gasteiger partial charge in [-0.25, -0.2) is 0 Å². The molecule has 31 heavy (non-hydrogen) atoms. The summed E-state index contributed by atoms with van der Waals surface area (Å²) < 4.78 is 14.7. The summed E-state index contributed by atoms with van der Waals surface area (Å²) in [6.07, 6.45) is 4.75. The van der Waals surface area contributed by atoms with Gasteiger partial charge in [0.1, 0.15) is 24.4 Å². The summed E-state index contributed by atoms with van der Waals surface area (Å²) in [6.45, 7) is 9.10. The van der Waals surface area contributed by atoms with E-state index in [9.17, 15) is 0 Å². The van der Waals surface area contributed by atoms with Crippen LogP contribution in [0.1, 0.15) is 31.9 Å². The maximum absolute atomic E-state index is 6.62. The number of hydrogen-bond acceptors (Lipinski definition) is 2. The Kier molecular flexibility index (Phi) is 3.63. The number of nitrogens with zero attached hydrogens (tertiary/aromatic N) is 1. The highest BCUT2D eigenvalue weighted by atomic mass is 16.5. The zero-order chi connectivity index (χ0) is 21.5. The fourth-order valence-corrected chi connectivity index (χ4v) is 5.11. The number of ether oxygens (including phenoxy) is 1. The Labute approximate surface area is 181 Å². The quantitative estimate of drug-likeness (QED) is 0.212. The van der Waals surface area contributed by atoms with Crippen molar-refractivity contribution >= 4 is 32.5 Å². The van der Waals surface area contributed by atoms with Crippen LogP contribution in [0.2, 0.25) is 0 Å². The van der Waals surface area contributed by atoms with Crippen molar-refractivity contribution < 1.29 is 13.7 Å². The molecule has 0 saturated carbocycles. The van der Waals surface area contributed by atoms with E-state index in [1.165, 1.54) is 43.9 Å². The average Bonchev–Trinajstić information content (AvgIpc) is 3.15. The van der Waals surface area contributed by atoms with Crippen LogP contribution in [-0.2, 0) is 13.5 Å². The fourth-order valence-electron chi connectivity index (χ4n) is 5.11. The van der Waals surface area contributed by atoms with E-state index < -0.39 is 0 Å². The zero-order valence-electron chi connectivity index (χ0n) is 18.7. The third-order valence-electron chi connectivity index (χ3n) is 6.47. The van der Waals surface area contributed by atoms with Crippen LogP contribution < -0.4 is 9.30 Å². The molecule has 3 nitrogen and oxygen atoms in total. The highest BCUT2D eigenvalue weighted by molar-refractivity contribution is 6.08. The number of furan rings is 1. The number of hydrogen-bond donors (Lipinski definition) is 0. The van der Waals surface area contributed by atoms with Crippen LogP contribution in [0.3, 0.4) is 0 Å². The Morgan fingerprint density at radius 1 is 0.968 bits per heavy atom. The number of benzene rings is 3. The molecule has 0 amide bonds. The van der Waals surface area contributed by atoms with Crippen LogP contribution in [0.4, 0.5) is 0 Å². The first-order valence-electron chi connectivity index (χ1n) is 10.9. The van der Waals surface area contributed by atoms with Crippen LogP contribution in [0.15, 0.2) is 59.3 Å². The maximum Gasteiger partial charge on any atom is 0.231 e. The van der Waals surface area contributed by atoms with Crippen molar-refractivity contribution in [3.8, 4) is 22.8 Å². The monoisotopic (exact) mass is 408 g/mol.